The second-order valence-electron chi connectivity index (χ2n) is 5.51. The molecular formula is C13H29N2O4+. The molecule has 6 heteroatoms. The van der Waals surface area contributed by atoms with Crippen molar-refractivity contribution >= 4 is 5.97 Å². The van der Waals surface area contributed by atoms with Gasteiger partial charge in [-0.15, -0.1) is 0 Å². The van der Waals surface area contributed by atoms with Gasteiger partial charge in [-0.3, -0.25) is 9.69 Å². The van der Waals surface area contributed by atoms with Crippen LogP contribution in [0.1, 0.15) is 6.42 Å². The summed E-state index contributed by atoms with van der Waals surface area (Å²) >= 11 is 0. The predicted octanol–water partition coefficient (Wildman–Crippen LogP) is 0.178. The van der Waals surface area contributed by atoms with Crippen molar-refractivity contribution in [2.45, 2.75) is 6.42 Å². The number of methoxy groups -OCH3 is 2. The van der Waals surface area contributed by atoms with E-state index in [1.807, 2.05) is 4.90 Å². The summed E-state index contributed by atoms with van der Waals surface area (Å²) in [5.74, 6) is -0.160. The van der Waals surface area contributed by atoms with E-state index in [1.54, 1.807) is 14.2 Å². The third kappa shape index (κ3) is 12.1. The maximum Gasteiger partial charge on any atom is 0.307 e. The normalized spacial score (nSPS) is 11.9. The lowest BCUT2D eigenvalue weighted by molar-refractivity contribution is -0.870. The molecule has 0 heterocycles. The number of ether oxygens (including phenoxy) is 3. The molecular weight excluding hydrogens is 248 g/mol. The van der Waals surface area contributed by atoms with Crippen LogP contribution in [0, 0.1) is 0 Å². The van der Waals surface area contributed by atoms with Crippen LogP contribution in [0.4, 0.5) is 0 Å². The standard InChI is InChI=1S/C13H29N2O4/c1-15(2,3)9-11-19-13(16)6-7-14(12-18-5)8-10-17-4/h6-12H2,1-5H3/q+1. The van der Waals surface area contributed by atoms with Gasteiger partial charge in [0.15, 0.2) is 0 Å². The SMILES string of the molecule is COCCN(CCC(=O)OCC[N+](C)(C)C)COC. The van der Waals surface area contributed by atoms with E-state index in [9.17, 15) is 4.79 Å². The monoisotopic (exact) mass is 277 g/mol. The van der Waals surface area contributed by atoms with Crippen molar-refractivity contribution in [3.63, 3.8) is 0 Å². The molecule has 0 aliphatic rings. The molecule has 0 N–H and O–H groups in total. The first kappa shape index (κ1) is 18.3. The zero-order valence-corrected chi connectivity index (χ0v) is 13.0. The van der Waals surface area contributed by atoms with Crippen LogP contribution < -0.4 is 0 Å². The number of quaternary nitrogens is 1. The molecule has 0 aliphatic heterocycles. The van der Waals surface area contributed by atoms with Crippen LogP contribution in [-0.2, 0) is 19.0 Å². The molecule has 114 valence electrons. The summed E-state index contributed by atoms with van der Waals surface area (Å²) in [5.41, 5.74) is 0. The van der Waals surface area contributed by atoms with Crippen molar-refractivity contribution < 1.29 is 23.5 Å². The van der Waals surface area contributed by atoms with E-state index in [0.717, 1.165) is 17.6 Å². The van der Waals surface area contributed by atoms with Crippen LogP contribution in [0.25, 0.3) is 0 Å². The molecule has 6 nitrogen and oxygen atoms in total. The molecule has 0 spiro atoms. The lowest BCUT2D eigenvalue weighted by Gasteiger charge is -2.23. The highest BCUT2D eigenvalue weighted by atomic mass is 16.5. The van der Waals surface area contributed by atoms with E-state index >= 15 is 0 Å². The molecule has 0 bridgehead atoms. The van der Waals surface area contributed by atoms with Crippen LogP contribution in [0.2, 0.25) is 0 Å². The van der Waals surface area contributed by atoms with Crippen molar-refractivity contribution in [1.82, 2.24) is 4.90 Å². The first-order chi connectivity index (χ1) is 8.89. The molecule has 0 aromatic carbocycles. The molecule has 0 saturated heterocycles. The number of likely N-dealkylation sites (N-methyl/N-ethyl adjacent to an activating group) is 1. The predicted molar refractivity (Wildman–Crippen MR) is 73.8 cm³/mol. The largest absolute Gasteiger partial charge is 0.460 e. The van der Waals surface area contributed by atoms with Gasteiger partial charge in [-0.2, -0.15) is 0 Å². The maximum absolute atomic E-state index is 11.6. The Kier molecular flexibility index (Phi) is 9.77. The molecule has 0 aromatic rings. The summed E-state index contributed by atoms with van der Waals surface area (Å²) in [6, 6.07) is 0. The quantitative estimate of drug-likeness (QED) is 0.306. The highest BCUT2D eigenvalue weighted by Crippen LogP contribution is 1.96. The van der Waals surface area contributed by atoms with Crippen molar-refractivity contribution in [2.75, 3.05) is 74.9 Å². The van der Waals surface area contributed by atoms with Gasteiger partial charge in [-0.05, 0) is 0 Å². The van der Waals surface area contributed by atoms with Crippen LogP contribution in [0.3, 0.4) is 0 Å². The number of nitrogens with zero attached hydrogens (tertiary/aromatic N) is 2. The summed E-state index contributed by atoms with van der Waals surface area (Å²) in [4.78, 5) is 13.6. The fraction of sp³-hybridized carbons (Fsp3) is 0.923. The van der Waals surface area contributed by atoms with Crippen molar-refractivity contribution in [3.8, 4) is 0 Å². The fourth-order valence-electron chi connectivity index (χ4n) is 1.40. The van der Waals surface area contributed by atoms with Gasteiger partial charge in [0.2, 0.25) is 0 Å². The first-order valence-corrected chi connectivity index (χ1v) is 6.55. The van der Waals surface area contributed by atoms with E-state index < -0.39 is 0 Å². The number of rotatable bonds is 11. The zero-order chi connectivity index (χ0) is 14.7. The van der Waals surface area contributed by atoms with Gasteiger partial charge >= 0.3 is 5.97 Å². The molecule has 0 saturated carbocycles. The summed E-state index contributed by atoms with van der Waals surface area (Å²) in [6.07, 6.45) is 0.379. The molecule has 19 heavy (non-hydrogen) atoms. The highest BCUT2D eigenvalue weighted by molar-refractivity contribution is 5.69. The Morgan fingerprint density at radius 3 is 2.26 bits per heavy atom. The van der Waals surface area contributed by atoms with E-state index in [4.69, 9.17) is 14.2 Å². The van der Waals surface area contributed by atoms with Crippen LogP contribution in [-0.4, -0.2) is 90.3 Å². The molecule has 0 aromatic heterocycles. The van der Waals surface area contributed by atoms with Gasteiger partial charge in [0.1, 0.15) is 13.2 Å². The second kappa shape index (κ2) is 10.1. The van der Waals surface area contributed by atoms with E-state index in [1.165, 1.54) is 0 Å². The number of carbonyl (C=O) groups is 1. The molecule has 0 fully saturated rings. The highest BCUT2D eigenvalue weighted by Gasteiger charge is 2.11. The summed E-state index contributed by atoms with van der Waals surface area (Å²) in [7, 11) is 9.50. The minimum atomic E-state index is -0.160. The first-order valence-electron chi connectivity index (χ1n) is 6.55. The van der Waals surface area contributed by atoms with Crippen molar-refractivity contribution in [2.24, 2.45) is 0 Å². The Bertz CT molecular complexity index is 241. The molecule has 0 rings (SSSR count). The van der Waals surface area contributed by atoms with E-state index in [-0.39, 0.29) is 5.97 Å². The van der Waals surface area contributed by atoms with Crippen LogP contribution in [0.15, 0.2) is 0 Å². The minimum Gasteiger partial charge on any atom is -0.460 e. The number of hydrogen-bond donors (Lipinski definition) is 0. The van der Waals surface area contributed by atoms with Gasteiger partial charge in [0.05, 0.1) is 40.9 Å². The number of carbonyl (C=O) groups excluding carboxylic acids is 1. The molecule has 0 atom stereocenters. The van der Waals surface area contributed by atoms with Crippen LogP contribution in [0.5, 0.6) is 0 Å². The number of hydrogen-bond acceptors (Lipinski definition) is 5. The summed E-state index contributed by atoms with van der Waals surface area (Å²) in [6.45, 7) is 3.77. The Morgan fingerprint density at radius 1 is 1.05 bits per heavy atom. The van der Waals surface area contributed by atoms with Crippen molar-refractivity contribution in [3.05, 3.63) is 0 Å². The lowest BCUT2D eigenvalue weighted by Crippen LogP contribution is -2.38. The van der Waals surface area contributed by atoms with E-state index in [2.05, 4.69) is 21.1 Å². The topological polar surface area (TPSA) is 48.0 Å². The Labute approximate surface area is 116 Å². The molecule has 0 unspecified atom stereocenters. The van der Waals surface area contributed by atoms with Gasteiger partial charge in [-0.1, -0.05) is 0 Å². The van der Waals surface area contributed by atoms with Crippen molar-refractivity contribution in [1.29, 1.82) is 0 Å². The van der Waals surface area contributed by atoms with Gasteiger partial charge < -0.3 is 18.7 Å². The number of esters is 1. The van der Waals surface area contributed by atoms with Crippen LogP contribution >= 0.6 is 0 Å². The third-order valence-corrected chi connectivity index (χ3v) is 2.58. The smallest absolute Gasteiger partial charge is 0.307 e. The molecule has 0 radical (unpaired) electrons. The Morgan fingerprint density at radius 2 is 1.74 bits per heavy atom. The Balaban J connectivity index is 3.78. The molecule has 0 aliphatic carbocycles. The lowest BCUT2D eigenvalue weighted by atomic mass is 10.4. The second-order valence-corrected chi connectivity index (χ2v) is 5.51. The Hall–Kier alpha value is -0.690. The maximum atomic E-state index is 11.6. The zero-order valence-electron chi connectivity index (χ0n) is 13.0. The van der Waals surface area contributed by atoms with Gasteiger partial charge in [0, 0.05) is 27.3 Å². The van der Waals surface area contributed by atoms with E-state index in [0.29, 0.717) is 32.9 Å². The summed E-state index contributed by atoms with van der Waals surface area (Å²) < 4.78 is 16.1. The third-order valence-electron chi connectivity index (χ3n) is 2.58. The van der Waals surface area contributed by atoms with Gasteiger partial charge in [-0.25, -0.2) is 0 Å². The average Bonchev–Trinajstić information content (AvgIpc) is 2.31. The molecule has 0 amide bonds. The average molecular weight is 277 g/mol. The minimum absolute atomic E-state index is 0.160. The summed E-state index contributed by atoms with van der Waals surface area (Å²) in [5, 5.41) is 0. The van der Waals surface area contributed by atoms with Gasteiger partial charge in [0.25, 0.3) is 0 Å². The fourth-order valence-corrected chi connectivity index (χ4v) is 1.40.